The quantitative estimate of drug-likeness (QED) is 0.796. The van der Waals surface area contributed by atoms with Crippen molar-refractivity contribution in [1.82, 2.24) is 4.90 Å². The average Bonchev–Trinajstić information content (AvgIpc) is 3.01. The number of hydrogen-bond acceptors (Lipinski definition) is 4. The number of methoxy groups -OCH3 is 1. The number of piperidine rings is 1. The fourth-order valence-electron chi connectivity index (χ4n) is 7.44. The van der Waals surface area contributed by atoms with Crippen LogP contribution in [0, 0.1) is 17.8 Å². The summed E-state index contributed by atoms with van der Waals surface area (Å²) in [6.07, 6.45) is 7.86. The molecule has 0 unspecified atom stereocenters. The summed E-state index contributed by atoms with van der Waals surface area (Å²) in [6.45, 7) is 4.64. The number of likely N-dealkylation sites (tertiary alicyclic amines) is 1. The van der Waals surface area contributed by atoms with Crippen molar-refractivity contribution in [1.29, 1.82) is 0 Å². The zero-order valence-electron chi connectivity index (χ0n) is 17.1. The lowest BCUT2D eigenvalue weighted by Crippen LogP contribution is -2.68. The zero-order valence-corrected chi connectivity index (χ0v) is 17.1. The van der Waals surface area contributed by atoms with Gasteiger partial charge in [-0.2, -0.15) is 0 Å². The molecule has 1 aromatic carbocycles. The Morgan fingerprint density at radius 2 is 2.14 bits per heavy atom. The van der Waals surface area contributed by atoms with Crippen LogP contribution >= 0.6 is 0 Å². The van der Waals surface area contributed by atoms with Crippen molar-refractivity contribution in [3.63, 3.8) is 0 Å². The molecule has 3 fully saturated rings. The maximum Gasteiger partial charge on any atom is 0.174 e. The van der Waals surface area contributed by atoms with Gasteiger partial charge in [-0.05, 0) is 61.6 Å². The highest BCUT2D eigenvalue weighted by Gasteiger charge is 2.68. The van der Waals surface area contributed by atoms with E-state index in [0.717, 1.165) is 43.2 Å². The summed E-state index contributed by atoms with van der Waals surface area (Å²) in [5.41, 5.74) is 2.63. The Morgan fingerprint density at radius 3 is 2.86 bits per heavy atom. The third kappa shape index (κ3) is 2.03. The van der Waals surface area contributed by atoms with Crippen LogP contribution in [0.3, 0.4) is 0 Å². The van der Waals surface area contributed by atoms with Crippen LogP contribution in [-0.2, 0) is 16.6 Å². The van der Waals surface area contributed by atoms with E-state index in [0.29, 0.717) is 30.1 Å². The van der Waals surface area contributed by atoms with E-state index >= 15 is 0 Å². The predicted octanol–water partition coefficient (Wildman–Crippen LogP) is 3.74. The van der Waals surface area contributed by atoms with E-state index < -0.39 is 0 Å². The normalized spacial score (nSPS) is 38.6. The van der Waals surface area contributed by atoms with Gasteiger partial charge >= 0.3 is 0 Å². The van der Waals surface area contributed by atoms with Crippen LogP contribution in [0.4, 0.5) is 0 Å². The molecule has 0 aromatic heterocycles. The first-order valence-corrected chi connectivity index (χ1v) is 11.3. The minimum Gasteiger partial charge on any atom is -0.493 e. The van der Waals surface area contributed by atoms with E-state index in [1.807, 2.05) is 0 Å². The molecule has 4 nitrogen and oxygen atoms in total. The molecule has 3 aliphatic carbocycles. The number of Topliss-reactive ketones (excluding diaryl/α,β-unsaturated/α-hetero) is 1. The van der Waals surface area contributed by atoms with E-state index in [1.54, 1.807) is 7.11 Å². The highest BCUT2D eigenvalue weighted by Crippen LogP contribution is 2.64. The second kappa shape index (κ2) is 5.98. The van der Waals surface area contributed by atoms with Gasteiger partial charge in [-0.15, -0.1) is 0 Å². The van der Waals surface area contributed by atoms with Gasteiger partial charge in [-0.3, -0.25) is 9.69 Å². The summed E-state index contributed by atoms with van der Waals surface area (Å²) in [6, 6.07) is 4.86. The van der Waals surface area contributed by atoms with E-state index in [2.05, 4.69) is 24.0 Å². The number of carbonyl (C=O) groups is 1. The van der Waals surface area contributed by atoms with Gasteiger partial charge in [0.05, 0.1) is 7.11 Å². The summed E-state index contributed by atoms with van der Waals surface area (Å²) in [5, 5.41) is 0. The molecule has 4 heteroatoms. The fraction of sp³-hybridized carbons (Fsp3) is 0.708. The molecule has 28 heavy (non-hydrogen) atoms. The van der Waals surface area contributed by atoms with Gasteiger partial charge in [-0.25, -0.2) is 0 Å². The van der Waals surface area contributed by atoms with Crippen LogP contribution in [0.15, 0.2) is 12.1 Å². The van der Waals surface area contributed by atoms with Gasteiger partial charge in [0.25, 0.3) is 0 Å². The highest BCUT2D eigenvalue weighted by atomic mass is 16.5. The summed E-state index contributed by atoms with van der Waals surface area (Å²) in [7, 11) is 1.71. The van der Waals surface area contributed by atoms with Crippen molar-refractivity contribution < 1.29 is 14.3 Å². The van der Waals surface area contributed by atoms with Crippen LogP contribution in [0.5, 0.6) is 11.5 Å². The number of nitrogens with zero attached hydrogens (tertiary/aromatic N) is 1. The zero-order chi connectivity index (χ0) is 19.0. The first-order chi connectivity index (χ1) is 13.7. The molecule has 150 valence electrons. The number of ether oxygens (including phenoxy) is 2. The minimum absolute atomic E-state index is 0.117. The molecule has 0 radical (unpaired) electrons. The predicted molar refractivity (Wildman–Crippen MR) is 107 cm³/mol. The Balaban J connectivity index is 1.51. The molecule has 2 aliphatic heterocycles. The van der Waals surface area contributed by atoms with Crippen molar-refractivity contribution >= 4 is 5.78 Å². The molecule has 2 bridgehead atoms. The maximum absolute atomic E-state index is 13.2. The lowest BCUT2D eigenvalue weighted by Gasteiger charge is -2.60. The monoisotopic (exact) mass is 381 g/mol. The third-order valence-electron chi connectivity index (χ3n) is 8.82. The largest absolute Gasteiger partial charge is 0.493 e. The van der Waals surface area contributed by atoms with Crippen LogP contribution in [-0.4, -0.2) is 43.0 Å². The Bertz CT molecular complexity index is 831. The summed E-state index contributed by atoms with van der Waals surface area (Å²) in [5.74, 6) is 3.91. The first-order valence-electron chi connectivity index (χ1n) is 11.3. The second-order valence-corrected chi connectivity index (χ2v) is 9.85. The number of rotatable bonds is 4. The van der Waals surface area contributed by atoms with Crippen molar-refractivity contribution in [3.05, 3.63) is 23.3 Å². The Morgan fingerprint density at radius 1 is 1.29 bits per heavy atom. The van der Waals surface area contributed by atoms with E-state index in [9.17, 15) is 4.79 Å². The minimum atomic E-state index is -0.293. The lowest BCUT2D eigenvalue weighted by molar-refractivity contribution is -0.145. The molecular formula is C24H31NO3. The molecule has 0 N–H and O–H groups in total. The smallest absolute Gasteiger partial charge is 0.174 e. The number of ketones is 1. The molecule has 2 saturated carbocycles. The summed E-state index contributed by atoms with van der Waals surface area (Å²) in [4.78, 5) is 16.0. The molecular weight excluding hydrogens is 350 g/mol. The van der Waals surface area contributed by atoms with Crippen LogP contribution in [0.1, 0.15) is 56.6 Å². The average molecular weight is 382 g/mol. The van der Waals surface area contributed by atoms with Crippen molar-refractivity contribution in [2.75, 3.05) is 20.2 Å². The van der Waals surface area contributed by atoms with Gasteiger partial charge in [0.15, 0.2) is 23.4 Å². The molecule has 1 saturated heterocycles. The molecule has 1 spiro atoms. The van der Waals surface area contributed by atoms with Crippen molar-refractivity contribution in [2.24, 2.45) is 17.8 Å². The Labute approximate surface area is 167 Å². The number of hydrogen-bond donors (Lipinski definition) is 0. The molecule has 5 aliphatic rings. The Kier molecular flexibility index (Phi) is 3.70. The first kappa shape index (κ1) is 17.3. The third-order valence-corrected chi connectivity index (χ3v) is 8.82. The van der Waals surface area contributed by atoms with Crippen LogP contribution in [0.2, 0.25) is 0 Å². The lowest BCUT2D eigenvalue weighted by atomic mass is 9.48. The van der Waals surface area contributed by atoms with Gasteiger partial charge in [0, 0.05) is 30.0 Å². The van der Waals surface area contributed by atoms with Crippen molar-refractivity contribution in [3.8, 4) is 11.5 Å². The Hall–Kier alpha value is -1.55. The van der Waals surface area contributed by atoms with E-state index in [1.165, 1.54) is 36.9 Å². The molecule has 2 heterocycles. The number of carbonyl (C=O) groups excluding carboxylic acids is 1. The highest BCUT2D eigenvalue weighted by molar-refractivity contribution is 5.89. The van der Waals surface area contributed by atoms with Crippen LogP contribution < -0.4 is 9.47 Å². The van der Waals surface area contributed by atoms with Gasteiger partial charge < -0.3 is 9.47 Å². The summed E-state index contributed by atoms with van der Waals surface area (Å²) < 4.78 is 12.1. The van der Waals surface area contributed by atoms with Gasteiger partial charge in [-0.1, -0.05) is 25.8 Å². The standard InChI is InChI=1S/C24H31NO3/c1-3-15-12-18(26)23-24-9-10-25(13-14-5-4-6-14)17(20(15)24)11-16-7-8-19(27-2)22(28-23)21(16)24/h7-8,14-15,17,20,23H,3-6,9-13H2,1-2H3/t15-,17-,20+,23+,24+/m1/s1. The van der Waals surface area contributed by atoms with Crippen molar-refractivity contribution in [2.45, 2.75) is 69.4 Å². The molecule has 6 rings (SSSR count). The second-order valence-electron chi connectivity index (χ2n) is 9.85. The fourth-order valence-corrected chi connectivity index (χ4v) is 7.44. The summed E-state index contributed by atoms with van der Waals surface area (Å²) >= 11 is 0. The van der Waals surface area contributed by atoms with Crippen LogP contribution in [0.25, 0.3) is 0 Å². The van der Waals surface area contributed by atoms with E-state index in [-0.39, 0.29) is 11.5 Å². The van der Waals surface area contributed by atoms with E-state index in [4.69, 9.17) is 9.47 Å². The SMILES string of the molecule is CC[C@@H]1CC(=O)[C@@H]2Oc3c(OC)ccc4c3[C@@]23CCN(CC2CCC2)[C@H](C4)[C@H]13. The number of benzene rings is 1. The topological polar surface area (TPSA) is 38.8 Å². The van der Waals surface area contributed by atoms with Gasteiger partial charge in [0.1, 0.15) is 0 Å². The molecule has 5 atom stereocenters. The maximum atomic E-state index is 13.2. The van der Waals surface area contributed by atoms with Gasteiger partial charge in [0.2, 0.25) is 0 Å². The molecule has 0 amide bonds. The molecule has 1 aromatic rings.